The van der Waals surface area contributed by atoms with Crippen molar-refractivity contribution in [2.24, 2.45) is 0 Å². The highest BCUT2D eigenvalue weighted by Gasteiger charge is 2.07. The first-order valence-electron chi connectivity index (χ1n) is 7.55. The van der Waals surface area contributed by atoms with Crippen LogP contribution in [-0.4, -0.2) is 25.5 Å². The molecule has 0 saturated heterocycles. The largest absolute Gasteiger partial charge is 0.392 e. The average Bonchev–Trinajstić information content (AvgIpc) is 2.52. The van der Waals surface area contributed by atoms with Crippen LogP contribution in [0.4, 0.5) is 0 Å². The fourth-order valence-corrected chi connectivity index (χ4v) is 1.94. The summed E-state index contributed by atoms with van der Waals surface area (Å²) in [4.78, 5) is 2.15. The van der Waals surface area contributed by atoms with Gasteiger partial charge in [0.1, 0.15) is 0 Å². The van der Waals surface area contributed by atoms with Crippen LogP contribution in [0.2, 0.25) is 0 Å². The molecule has 0 aliphatic carbocycles. The van der Waals surface area contributed by atoms with Crippen LogP contribution < -0.4 is 5.32 Å². The number of hydrogen-bond donors (Lipinski definition) is 1. The Morgan fingerprint density at radius 2 is 1.82 bits per heavy atom. The predicted molar refractivity (Wildman–Crippen MR) is 101 cm³/mol. The zero-order valence-electron chi connectivity index (χ0n) is 14.7. The Kier molecular flexibility index (Phi) is 9.44. The van der Waals surface area contributed by atoms with Crippen molar-refractivity contribution >= 4 is 0 Å². The fraction of sp³-hybridized carbons (Fsp3) is 0.300. The molecule has 0 bridgehead atoms. The molecule has 22 heavy (non-hydrogen) atoms. The van der Waals surface area contributed by atoms with Crippen molar-refractivity contribution < 1.29 is 0 Å². The Labute approximate surface area is 136 Å². The molecule has 0 heterocycles. The first-order chi connectivity index (χ1) is 10.4. The van der Waals surface area contributed by atoms with Crippen LogP contribution in [0.3, 0.4) is 0 Å². The van der Waals surface area contributed by atoms with Crippen molar-refractivity contribution in [3.63, 3.8) is 0 Å². The molecule has 0 aliphatic rings. The summed E-state index contributed by atoms with van der Waals surface area (Å²) in [5.74, 6) is 0. The average molecular weight is 298 g/mol. The topological polar surface area (TPSA) is 15.3 Å². The summed E-state index contributed by atoms with van der Waals surface area (Å²) >= 11 is 0. The van der Waals surface area contributed by atoms with Crippen LogP contribution >= 0.6 is 0 Å². The molecule has 0 amide bonds. The molecule has 0 saturated carbocycles. The second-order valence-corrected chi connectivity index (χ2v) is 4.95. The number of nitrogens with zero attached hydrogens (tertiary/aromatic N) is 1. The summed E-state index contributed by atoms with van der Waals surface area (Å²) in [5, 5.41) is 3.15. The molecule has 0 aromatic heterocycles. The minimum absolute atomic E-state index is 0.908. The zero-order chi connectivity index (χ0) is 17.1. The molecule has 0 aliphatic heterocycles. The Morgan fingerprint density at radius 1 is 1.18 bits per heavy atom. The number of rotatable bonds is 9. The third-order valence-electron chi connectivity index (χ3n) is 3.45. The second-order valence-electron chi connectivity index (χ2n) is 4.95. The van der Waals surface area contributed by atoms with Gasteiger partial charge in [-0.25, -0.2) is 0 Å². The Morgan fingerprint density at radius 3 is 2.23 bits per heavy atom. The number of likely N-dealkylation sites (N-methyl/N-ethyl adjacent to an activating group) is 1. The molecule has 2 heteroatoms. The Hall–Kier alpha value is -2.22. The quantitative estimate of drug-likeness (QED) is 0.618. The molecule has 0 aromatic rings. The first-order valence-corrected chi connectivity index (χ1v) is 7.55. The highest BCUT2D eigenvalue weighted by atomic mass is 15.1. The van der Waals surface area contributed by atoms with E-state index in [1.54, 1.807) is 6.08 Å². The molecule has 2 nitrogen and oxygen atoms in total. The molecule has 1 N–H and O–H groups in total. The summed E-state index contributed by atoms with van der Waals surface area (Å²) < 4.78 is 0. The van der Waals surface area contributed by atoms with Crippen LogP contribution in [-0.2, 0) is 0 Å². The fourth-order valence-electron chi connectivity index (χ4n) is 1.94. The maximum Gasteiger partial charge on any atom is 0.0431 e. The van der Waals surface area contributed by atoms with Crippen LogP contribution in [0, 0.1) is 0 Å². The number of nitrogens with one attached hydrogen (secondary N) is 1. The van der Waals surface area contributed by atoms with Gasteiger partial charge in [0.05, 0.1) is 0 Å². The van der Waals surface area contributed by atoms with E-state index in [2.05, 4.69) is 49.0 Å². The lowest BCUT2D eigenvalue weighted by Crippen LogP contribution is -2.17. The molecule has 0 fully saturated rings. The van der Waals surface area contributed by atoms with E-state index >= 15 is 0 Å². The number of allylic oxidation sites excluding steroid dienone is 9. The molecule has 0 rings (SSSR count). The molecular weight excluding hydrogens is 268 g/mol. The first kappa shape index (κ1) is 19.8. The van der Waals surface area contributed by atoms with Gasteiger partial charge in [0.2, 0.25) is 0 Å². The summed E-state index contributed by atoms with van der Waals surface area (Å²) in [6.07, 6.45) is 11.9. The summed E-state index contributed by atoms with van der Waals surface area (Å²) in [7, 11) is 3.96. The van der Waals surface area contributed by atoms with Crippen molar-refractivity contribution in [2.45, 2.75) is 20.8 Å². The van der Waals surface area contributed by atoms with Gasteiger partial charge < -0.3 is 10.2 Å². The van der Waals surface area contributed by atoms with Crippen molar-refractivity contribution in [1.82, 2.24) is 10.2 Å². The highest BCUT2D eigenvalue weighted by Crippen LogP contribution is 2.21. The molecule has 0 spiro atoms. The standard InChI is InChI=1S/C20H30N2/c1-9-13-20(22(8)12-4)16(5)14-19(15-17(6)21-7)18(10-2)11-3/h9-11,13-15,21H,1-2,5,12H2,3-4,6-8H3/b17-15+,18-11-,19-14-,20-13-. The second kappa shape index (κ2) is 10.5. The van der Waals surface area contributed by atoms with Crippen LogP contribution in [0.1, 0.15) is 20.8 Å². The molecule has 0 radical (unpaired) electrons. The third-order valence-corrected chi connectivity index (χ3v) is 3.45. The lowest BCUT2D eigenvalue weighted by molar-refractivity contribution is 0.452. The Bertz CT molecular complexity index is 528. The maximum atomic E-state index is 4.22. The van der Waals surface area contributed by atoms with Crippen molar-refractivity contribution in [3.8, 4) is 0 Å². The molecule has 0 aromatic carbocycles. The lowest BCUT2D eigenvalue weighted by atomic mass is 10.0. The van der Waals surface area contributed by atoms with Gasteiger partial charge in [0.15, 0.2) is 0 Å². The van der Waals surface area contributed by atoms with Crippen molar-refractivity contribution in [3.05, 3.63) is 84.3 Å². The smallest absolute Gasteiger partial charge is 0.0431 e. The maximum absolute atomic E-state index is 4.22. The molecule has 120 valence electrons. The van der Waals surface area contributed by atoms with E-state index in [-0.39, 0.29) is 0 Å². The highest BCUT2D eigenvalue weighted by molar-refractivity contribution is 5.52. The van der Waals surface area contributed by atoms with Crippen molar-refractivity contribution in [2.75, 3.05) is 20.6 Å². The van der Waals surface area contributed by atoms with Gasteiger partial charge in [-0.15, -0.1) is 0 Å². The van der Waals surface area contributed by atoms with E-state index < -0.39 is 0 Å². The lowest BCUT2D eigenvalue weighted by Gasteiger charge is -2.21. The van der Waals surface area contributed by atoms with Crippen LogP contribution in [0.5, 0.6) is 0 Å². The van der Waals surface area contributed by atoms with E-state index in [0.29, 0.717) is 0 Å². The predicted octanol–water partition coefficient (Wildman–Crippen LogP) is 4.75. The van der Waals surface area contributed by atoms with E-state index in [4.69, 9.17) is 0 Å². The molecule has 0 atom stereocenters. The van der Waals surface area contributed by atoms with Gasteiger partial charge >= 0.3 is 0 Å². The third kappa shape index (κ3) is 6.04. The van der Waals surface area contributed by atoms with Gasteiger partial charge in [-0.2, -0.15) is 0 Å². The summed E-state index contributed by atoms with van der Waals surface area (Å²) in [5.41, 5.74) is 5.24. The Balaban J connectivity index is 5.87. The van der Waals surface area contributed by atoms with Gasteiger partial charge in [0, 0.05) is 32.0 Å². The molecule has 0 unspecified atom stereocenters. The van der Waals surface area contributed by atoms with Crippen LogP contribution in [0.15, 0.2) is 84.3 Å². The minimum Gasteiger partial charge on any atom is -0.392 e. The normalized spacial score (nSPS) is 13.7. The SMILES string of the molecule is C=C/C=C(/C(=C)/C=C(/C=C(\C)NC)C(\C=C)=C/C)N(C)CC. The number of hydrogen-bond acceptors (Lipinski definition) is 2. The zero-order valence-corrected chi connectivity index (χ0v) is 14.7. The minimum atomic E-state index is 0.908. The monoisotopic (exact) mass is 298 g/mol. The van der Waals surface area contributed by atoms with Crippen molar-refractivity contribution in [1.29, 1.82) is 0 Å². The van der Waals surface area contributed by atoms with E-state index in [1.165, 1.54) is 0 Å². The van der Waals surface area contributed by atoms with Gasteiger partial charge in [0.25, 0.3) is 0 Å². The summed E-state index contributed by atoms with van der Waals surface area (Å²) in [6, 6.07) is 0. The van der Waals surface area contributed by atoms with E-state index in [9.17, 15) is 0 Å². The van der Waals surface area contributed by atoms with E-state index in [0.717, 1.165) is 34.7 Å². The van der Waals surface area contributed by atoms with Gasteiger partial charge in [-0.3, -0.25) is 0 Å². The van der Waals surface area contributed by atoms with E-state index in [1.807, 2.05) is 46.2 Å². The van der Waals surface area contributed by atoms with Gasteiger partial charge in [-0.05, 0) is 55.7 Å². The van der Waals surface area contributed by atoms with Crippen LogP contribution in [0.25, 0.3) is 0 Å². The summed E-state index contributed by atoms with van der Waals surface area (Å²) in [6.45, 7) is 19.0. The molecular formula is C20H30N2. The van der Waals surface area contributed by atoms with Gasteiger partial charge in [-0.1, -0.05) is 38.0 Å².